The van der Waals surface area contributed by atoms with E-state index >= 15 is 0 Å². The van der Waals surface area contributed by atoms with Crippen molar-refractivity contribution in [3.63, 3.8) is 0 Å². The summed E-state index contributed by atoms with van der Waals surface area (Å²) in [6.45, 7) is 0. The van der Waals surface area contributed by atoms with Crippen LogP contribution in [0, 0.1) is 23.7 Å². The van der Waals surface area contributed by atoms with Crippen molar-refractivity contribution in [3.8, 4) is 0 Å². The SMILES string of the molecule is O=C(NC1C2C3CCC(C3)C12)c1csc(S(=O)(=O)Cl)c1. The number of fused-ring (bicyclic) bond motifs is 5. The summed E-state index contributed by atoms with van der Waals surface area (Å²) in [6.07, 6.45) is 3.96. The largest absolute Gasteiger partial charge is 0.349 e. The fourth-order valence-electron chi connectivity index (χ4n) is 4.32. The highest BCUT2D eigenvalue weighted by atomic mass is 35.7. The van der Waals surface area contributed by atoms with Crippen LogP contribution in [0.2, 0.25) is 0 Å². The molecule has 3 aliphatic rings. The van der Waals surface area contributed by atoms with E-state index in [1.165, 1.54) is 25.3 Å². The normalized spacial score (nSPS) is 37.8. The van der Waals surface area contributed by atoms with Gasteiger partial charge in [0.05, 0.1) is 5.56 Å². The van der Waals surface area contributed by atoms with Gasteiger partial charge in [-0.1, -0.05) is 0 Å². The molecule has 1 N–H and O–H groups in total. The molecule has 4 nitrogen and oxygen atoms in total. The van der Waals surface area contributed by atoms with Gasteiger partial charge in [-0.15, -0.1) is 11.3 Å². The summed E-state index contributed by atoms with van der Waals surface area (Å²) in [6, 6.07) is 1.67. The van der Waals surface area contributed by atoms with Crippen LogP contribution in [0.25, 0.3) is 0 Å². The van der Waals surface area contributed by atoms with Crippen LogP contribution in [0.3, 0.4) is 0 Å². The Balaban J connectivity index is 1.46. The minimum absolute atomic E-state index is 0.0281. The predicted octanol–water partition coefficient (Wildman–Crippen LogP) is 2.45. The molecule has 20 heavy (non-hydrogen) atoms. The fourth-order valence-corrected chi connectivity index (χ4v) is 6.26. The van der Waals surface area contributed by atoms with E-state index in [0.29, 0.717) is 23.4 Å². The molecule has 0 aromatic carbocycles. The van der Waals surface area contributed by atoms with Gasteiger partial charge in [-0.3, -0.25) is 4.79 Å². The van der Waals surface area contributed by atoms with E-state index in [1.807, 2.05) is 0 Å². The number of hydrogen-bond donors (Lipinski definition) is 1. The maximum atomic E-state index is 12.2. The van der Waals surface area contributed by atoms with Crippen molar-refractivity contribution in [1.82, 2.24) is 5.32 Å². The van der Waals surface area contributed by atoms with Crippen molar-refractivity contribution in [2.24, 2.45) is 23.7 Å². The van der Waals surface area contributed by atoms with Gasteiger partial charge in [-0.25, -0.2) is 8.42 Å². The first-order valence-corrected chi connectivity index (χ1v) is 9.98. The summed E-state index contributed by atoms with van der Waals surface area (Å²) in [5.74, 6) is 2.78. The highest BCUT2D eigenvalue weighted by Crippen LogP contribution is 2.65. The van der Waals surface area contributed by atoms with Crippen molar-refractivity contribution in [1.29, 1.82) is 0 Å². The Morgan fingerprint density at radius 3 is 2.50 bits per heavy atom. The predicted molar refractivity (Wildman–Crippen MR) is 76.4 cm³/mol. The third kappa shape index (κ3) is 1.92. The minimum atomic E-state index is -3.74. The second kappa shape index (κ2) is 4.21. The molecular weight excluding hydrogens is 318 g/mol. The van der Waals surface area contributed by atoms with E-state index in [2.05, 4.69) is 5.32 Å². The highest BCUT2D eigenvalue weighted by molar-refractivity contribution is 8.15. The Labute approximate surface area is 125 Å². The molecule has 7 heteroatoms. The number of nitrogens with one attached hydrogen (secondary N) is 1. The molecule has 1 amide bonds. The molecule has 3 aliphatic carbocycles. The van der Waals surface area contributed by atoms with Gasteiger partial charge in [0.25, 0.3) is 15.0 Å². The fraction of sp³-hybridized carbons (Fsp3) is 0.615. The van der Waals surface area contributed by atoms with Crippen LogP contribution in [0.4, 0.5) is 0 Å². The number of halogens is 1. The average molecular weight is 332 g/mol. The molecule has 108 valence electrons. The zero-order chi connectivity index (χ0) is 14.1. The highest BCUT2D eigenvalue weighted by Gasteiger charge is 2.65. The first-order chi connectivity index (χ1) is 9.45. The van der Waals surface area contributed by atoms with Crippen molar-refractivity contribution in [2.45, 2.75) is 29.5 Å². The maximum absolute atomic E-state index is 12.2. The molecule has 1 aromatic heterocycles. The monoisotopic (exact) mass is 331 g/mol. The summed E-state index contributed by atoms with van der Waals surface area (Å²) in [4.78, 5) is 12.2. The van der Waals surface area contributed by atoms with E-state index in [4.69, 9.17) is 10.7 Å². The third-order valence-electron chi connectivity index (χ3n) is 5.11. The van der Waals surface area contributed by atoms with Gasteiger partial charge in [-0.05, 0) is 49.0 Å². The first-order valence-electron chi connectivity index (χ1n) is 6.79. The molecule has 4 unspecified atom stereocenters. The summed E-state index contributed by atoms with van der Waals surface area (Å²) < 4.78 is 22.4. The Kier molecular flexibility index (Phi) is 2.76. The lowest BCUT2D eigenvalue weighted by Crippen LogP contribution is -2.29. The molecule has 4 rings (SSSR count). The van der Waals surface area contributed by atoms with Crippen molar-refractivity contribution < 1.29 is 13.2 Å². The number of hydrogen-bond acceptors (Lipinski definition) is 4. The molecule has 2 bridgehead atoms. The van der Waals surface area contributed by atoms with Crippen LogP contribution in [-0.4, -0.2) is 20.4 Å². The Morgan fingerprint density at radius 1 is 1.30 bits per heavy atom. The quantitative estimate of drug-likeness (QED) is 0.865. The number of thiophene rings is 1. The van der Waals surface area contributed by atoms with Gasteiger partial charge >= 0.3 is 0 Å². The van der Waals surface area contributed by atoms with Crippen LogP contribution in [-0.2, 0) is 9.05 Å². The van der Waals surface area contributed by atoms with Crippen LogP contribution in [0.15, 0.2) is 15.7 Å². The lowest BCUT2D eigenvalue weighted by Gasteiger charge is -2.09. The lowest BCUT2D eigenvalue weighted by molar-refractivity contribution is 0.0944. The number of rotatable bonds is 3. The summed E-state index contributed by atoms with van der Waals surface area (Å²) in [5.41, 5.74) is 0.395. The van der Waals surface area contributed by atoms with Crippen molar-refractivity contribution in [3.05, 3.63) is 17.0 Å². The summed E-state index contributed by atoms with van der Waals surface area (Å²) in [7, 11) is 1.53. The van der Waals surface area contributed by atoms with Crippen molar-refractivity contribution >= 4 is 37.0 Å². The smallest absolute Gasteiger partial charge is 0.270 e. The van der Waals surface area contributed by atoms with Crippen LogP contribution in [0.1, 0.15) is 29.6 Å². The van der Waals surface area contributed by atoms with Gasteiger partial charge < -0.3 is 5.32 Å². The molecule has 4 atom stereocenters. The van der Waals surface area contributed by atoms with Gasteiger partial charge in [0, 0.05) is 22.1 Å². The molecule has 3 fully saturated rings. The standard InChI is InChI=1S/C13H14ClNO3S2/c14-20(17,18)9-4-8(5-19-9)13(16)15-12-10-6-1-2-7(3-6)11(10)12/h4-7,10-12H,1-3H2,(H,15,16). The molecule has 3 saturated carbocycles. The van der Waals surface area contributed by atoms with E-state index in [9.17, 15) is 13.2 Å². The second-order valence-electron chi connectivity index (χ2n) is 6.08. The van der Waals surface area contributed by atoms with E-state index in [1.54, 1.807) is 5.38 Å². The van der Waals surface area contributed by atoms with Gasteiger partial charge in [0.2, 0.25) is 0 Å². The van der Waals surface area contributed by atoms with Gasteiger partial charge in [0.1, 0.15) is 4.21 Å². The topological polar surface area (TPSA) is 63.2 Å². The second-order valence-corrected chi connectivity index (χ2v) is 9.78. The zero-order valence-electron chi connectivity index (χ0n) is 10.6. The van der Waals surface area contributed by atoms with Crippen molar-refractivity contribution in [2.75, 3.05) is 0 Å². The van der Waals surface area contributed by atoms with E-state index in [0.717, 1.165) is 23.2 Å². The van der Waals surface area contributed by atoms with Gasteiger partial charge in [0.15, 0.2) is 0 Å². The molecule has 1 heterocycles. The average Bonchev–Trinajstić information content (AvgIpc) is 2.86. The number of carbonyl (C=O) groups is 1. The Morgan fingerprint density at radius 2 is 1.95 bits per heavy atom. The molecule has 0 radical (unpaired) electrons. The van der Waals surface area contributed by atoms with Crippen LogP contribution >= 0.6 is 22.0 Å². The Bertz CT molecular complexity index is 668. The molecule has 1 aromatic rings. The molecule has 0 spiro atoms. The molecule has 0 aliphatic heterocycles. The van der Waals surface area contributed by atoms with E-state index in [-0.39, 0.29) is 10.1 Å². The maximum Gasteiger partial charge on any atom is 0.270 e. The zero-order valence-corrected chi connectivity index (χ0v) is 13.0. The van der Waals surface area contributed by atoms with E-state index < -0.39 is 9.05 Å². The number of amides is 1. The lowest BCUT2D eigenvalue weighted by atomic mass is 10.0. The summed E-state index contributed by atoms with van der Waals surface area (Å²) >= 11 is 0.986. The minimum Gasteiger partial charge on any atom is -0.349 e. The molecular formula is C13H14ClNO3S2. The van der Waals surface area contributed by atoms with Crippen LogP contribution in [0.5, 0.6) is 0 Å². The first kappa shape index (κ1) is 13.1. The van der Waals surface area contributed by atoms with Crippen LogP contribution < -0.4 is 5.32 Å². The summed E-state index contributed by atoms with van der Waals surface area (Å²) in [5, 5.41) is 4.62. The van der Waals surface area contributed by atoms with Gasteiger partial charge in [-0.2, -0.15) is 0 Å². The number of carbonyl (C=O) groups excluding carboxylic acids is 1. The Hall–Kier alpha value is -0.590. The molecule has 0 saturated heterocycles. The third-order valence-corrected chi connectivity index (χ3v) is 8.15.